The molecule has 0 aliphatic rings. The van der Waals surface area contributed by atoms with Crippen LogP contribution in [0.3, 0.4) is 0 Å². The number of hydrogen-bond donors (Lipinski definition) is 0. The summed E-state index contributed by atoms with van der Waals surface area (Å²) in [5.41, 5.74) is 0. The third-order valence-corrected chi connectivity index (χ3v) is 0.0913. The van der Waals surface area contributed by atoms with Crippen LogP contribution in [0.25, 0.3) is 0 Å². The summed E-state index contributed by atoms with van der Waals surface area (Å²) in [7, 11) is 0. The third kappa shape index (κ3) is 40.5. The van der Waals surface area contributed by atoms with Gasteiger partial charge in [-0.15, -0.1) is 0 Å². The zero-order valence-corrected chi connectivity index (χ0v) is 11.8. The van der Waals surface area contributed by atoms with Crippen molar-refractivity contribution in [3.05, 3.63) is 0 Å². The molecule has 7 heteroatoms. The quantitative estimate of drug-likeness (QED) is 0.258. The first kappa shape index (κ1) is 30.7. The Labute approximate surface area is 119 Å². The molecule has 9 heavy (non-hydrogen) atoms. The Morgan fingerprint density at radius 1 is 1.33 bits per heavy atom. The SMILES string of the molecule is N#CC(=O)[O-].O.[Na+].[Na+].[Na+]. The summed E-state index contributed by atoms with van der Waals surface area (Å²) < 4.78 is 0. The van der Waals surface area contributed by atoms with Crippen molar-refractivity contribution >= 4 is 5.97 Å². The number of hydrogen-bond acceptors (Lipinski definition) is 3. The standard InChI is InChI=1S/C2HNO2.3Na.H2O/c3-1-2(4)5;;;;/h(H,4,5);;;;1H2/q;3*+1;/p-1. The van der Waals surface area contributed by atoms with E-state index in [1.165, 1.54) is 0 Å². The molecular weight excluding hydrogens is 155 g/mol. The zero-order valence-electron chi connectivity index (χ0n) is 5.76. The first-order valence-electron chi connectivity index (χ1n) is 0.882. The molecule has 0 bridgehead atoms. The van der Waals surface area contributed by atoms with Gasteiger partial charge >= 0.3 is 88.7 Å². The van der Waals surface area contributed by atoms with Crippen LogP contribution in [-0.2, 0) is 4.79 Å². The van der Waals surface area contributed by atoms with Crippen molar-refractivity contribution in [2.75, 3.05) is 0 Å². The van der Waals surface area contributed by atoms with Crippen molar-refractivity contribution in [3.63, 3.8) is 0 Å². The van der Waals surface area contributed by atoms with Gasteiger partial charge < -0.3 is 15.4 Å². The summed E-state index contributed by atoms with van der Waals surface area (Å²) in [5.74, 6) is -1.69. The van der Waals surface area contributed by atoms with Crippen LogP contribution >= 0.6 is 0 Å². The molecule has 0 spiro atoms. The van der Waals surface area contributed by atoms with Crippen LogP contribution in [0.5, 0.6) is 0 Å². The van der Waals surface area contributed by atoms with Gasteiger partial charge in [-0.3, -0.25) is 0 Å². The van der Waals surface area contributed by atoms with E-state index in [-0.39, 0.29) is 94.1 Å². The fourth-order valence-corrected chi connectivity index (χ4v) is 0. The molecule has 0 heterocycles. The van der Waals surface area contributed by atoms with Gasteiger partial charge in [0.15, 0.2) is 0 Å². The van der Waals surface area contributed by atoms with E-state index in [0.29, 0.717) is 0 Å². The molecule has 0 fully saturated rings. The van der Waals surface area contributed by atoms with Gasteiger partial charge in [0.05, 0.1) is 0 Å². The zero-order chi connectivity index (χ0) is 4.28. The molecule has 0 aromatic rings. The normalized spacial score (nSPS) is 3.00. The van der Waals surface area contributed by atoms with Gasteiger partial charge in [0.2, 0.25) is 0 Å². The van der Waals surface area contributed by atoms with Crippen LogP contribution in [-0.4, -0.2) is 11.4 Å². The minimum absolute atomic E-state index is 0. The Hall–Kier alpha value is 1.92. The predicted octanol–water partition coefficient (Wildman–Crippen LogP) is -11.6. The number of rotatable bonds is 0. The number of aliphatic carboxylic acids is 1. The monoisotopic (exact) mass is 157 g/mol. The van der Waals surface area contributed by atoms with Crippen molar-refractivity contribution < 1.29 is 104 Å². The molecule has 0 atom stereocenters. The van der Waals surface area contributed by atoms with Crippen LogP contribution < -0.4 is 93.8 Å². The van der Waals surface area contributed by atoms with Crippen LogP contribution in [0.15, 0.2) is 0 Å². The molecule has 0 aliphatic carbocycles. The number of nitriles is 1. The molecule has 0 unspecified atom stereocenters. The molecule has 0 saturated heterocycles. The van der Waals surface area contributed by atoms with Crippen LogP contribution in [0.2, 0.25) is 0 Å². The molecule has 34 valence electrons. The van der Waals surface area contributed by atoms with E-state index in [2.05, 4.69) is 0 Å². The summed E-state index contributed by atoms with van der Waals surface area (Å²) in [6.45, 7) is 0. The molecule has 4 nitrogen and oxygen atoms in total. The maximum atomic E-state index is 8.90. The van der Waals surface area contributed by atoms with Gasteiger partial charge in [-0.2, -0.15) is 5.26 Å². The molecule has 0 aromatic carbocycles. The Kier molecular flexibility index (Phi) is 76.7. The average Bonchev–Trinajstić information content (AvgIpc) is 1.38. The van der Waals surface area contributed by atoms with E-state index < -0.39 is 5.97 Å². The van der Waals surface area contributed by atoms with Crippen molar-refractivity contribution in [2.24, 2.45) is 0 Å². The van der Waals surface area contributed by atoms with E-state index in [1.54, 1.807) is 0 Å². The molecule has 0 amide bonds. The molecule has 2 N–H and O–H groups in total. The number of carbonyl (C=O) groups excluding carboxylic acids is 1. The van der Waals surface area contributed by atoms with Gasteiger partial charge in [0.1, 0.15) is 12.0 Å². The van der Waals surface area contributed by atoms with Gasteiger partial charge in [-0.1, -0.05) is 0 Å². The Morgan fingerprint density at radius 2 is 1.44 bits per heavy atom. The topological polar surface area (TPSA) is 95.4 Å². The summed E-state index contributed by atoms with van der Waals surface area (Å²) in [6, 6.07) is 0.833. The van der Waals surface area contributed by atoms with Gasteiger partial charge in [-0.05, 0) is 0 Å². The first-order chi connectivity index (χ1) is 2.27. The second kappa shape index (κ2) is 22.5. The predicted molar refractivity (Wildman–Crippen MR) is 14.2 cm³/mol. The molecule has 0 rings (SSSR count). The van der Waals surface area contributed by atoms with Crippen LogP contribution in [0.1, 0.15) is 0 Å². The fourth-order valence-electron chi connectivity index (χ4n) is 0. The van der Waals surface area contributed by atoms with E-state index in [0.717, 1.165) is 6.07 Å². The summed E-state index contributed by atoms with van der Waals surface area (Å²) in [5, 5.41) is 16.1. The van der Waals surface area contributed by atoms with E-state index in [9.17, 15) is 0 Å². The Balaban J connectivity index is -0.0000000133. The molecule has 0 saturated carbocycles. The number of carboxylic acids is 1. The fraction of sp³-hybridized carbons (Fsp3) is 0. The molecular formula is C2H2NNa3O3+2. The first-order valence-corrected chi connectivity index (χ1v) is 0.882. The average molecular weight is 157 g/mol. The molecule has 0 aromatic heterocycles. The van der Waals surface area contributed by atoms with E-state index in [4.69, 9.17) is 15.2 Å². The van der Waals surface area contributed by atoms with Gasteiger partial charge in [0, 0.05) is 0 Å². The minimum atomic E-state index is -1.69. The minimum Gasteiger partial charge on any atom is -0.535 e. The number of carbonyl (C=O) groups is 1. The second-order valence-corrected chi connectivity index (χ2v) is 0.399. The number of carboxylic acid groups (broad SMARTS) is 1. The smallest absolute Gasteiger partial charge is 0.535 e. The summed E-state index contributed by atoms with van der Waals surface area (Å²) >= 11 is 0. The van der Waals surface area contributed by atoms with Crippen LogP contribution in [0.4, 0.5) is 0 Å². The summed E-state index contributed by atoms with van der Waals surface area (Å²) in [6.07, 6.45) is 0. The largest absolute Gasteiger partial charge is 1.00 e. The van der Waals surface area contributed by atoms with E-state index in [1.807, 2.05) is 0 Å². The molecule has 0 aliphatic heterocycles. The Bertz CT molecular complexity index is 89.5. The maximum Gasteiger partial charge on any atom is 1.00 e. The second-order valence-electron chi connectivity index (χ2n) is 0.399. The maximum absolute atomic E-state index is 8.90. The van der Waals surface area contributed by atoms with E-state index >= 15 is 0 Å². The van der Waals surface area contributed by atoms with Crippen molar-refractivity contribution in [1.82, 2.24) is 0 Å². The third-order valence-electron chi connectivity index (χ3n) is 0.0913. The van der Waals surface area contributed by atoms with Crippen molar-refractivity contribution in [2.45, 2.75) is 0 Å². The van der Waals surface area contributed by atoms with Crippen molar-refractivity contribution in [1.29, 1.82) is 5.26 Å². The Morgan fingerprint density at radius 3 is 1.44 bits per heavy atom. The van der Waals surface area contributed by atoms with Gasteiger partial charge in [-0.25, -0.2) is 0 Å². The van der Waals surface area contributed by atoms with Crippen LogP contribution in [0, 0.1) is 11.3 Å². The van der Waals surface area contributed by atoms with Crippen molar-refractivity contribution in [3.8, 4) is 6.07 Å². The number of nitrogens with zero attached hydrogens (tertiary/aromatic N) is 1. The van der Waals surface area contributed by atoms with Gasteiger partial charge in [0.25, 0.3) is 0 Å². The molecule has 0 radical (unpaired) electrons. The summed E-state index contributed by atoms with van der Waals surface area (Å²) in [4.78, 5) is 8.90.